The van der Waals surface area contributed by atoms with Gasteiger partial charge in [0.25, 0.3) is 0 Å². The van der Waals surface area contributed by atoms with Crippen molar-refractivity contribution in [1.82, 2.24) is 4.90 Å². The lowest BCUT2D eigenvalue weighted by atomic mass is 9.55. The third kappa shape index (κ3) is 8.07. The number of hydrogen-bond donors (Lipinski definition) is 2. The van der Waals surface area contributed by atoms with Gasteiger partial charge in [-0.1, -0.05) is 67.4 Å². The summed E-state index contributed by atoms with van der Waals surface area (Å²) in [5.41, 5.74) is 2.92. The fourth-order valence-corrected chi connectivity index (χ4v) is 9.45. The van der Waals surface area contributed by atoms with Crippen LogP contribution in [0.3, 0.4) is 0 Å². The molecule has 0 spiro atoms. The summed E-state index contributed by atoms with van der Waals surface area (Å²) in [6.45, 7) is 9.62. The third-order valence-electron chi connectivity index (χ3n) is 12.0. The van der Waals surface area contributed by atoms with E-state index in [1.807, 2.05) is 42.2 Å². The van der Waals surface area contributed by atoms with E-state index in [9.17, 15) is 15.0 Å². The number of allylic oxidation sites excluding steroid dienone is 1. The van der Waals surface area contributed by atoms with Crippen molar-refractivity contribution in [3.8, 4) is 17.2 Å². The van der Waals surface area contributed by atoms with Gasteiger partial charge in [0.15, 0.2) is 0 Å². The molecule has 0 aromatic heterocycles. The molecule has 9 heteroatoms. The van der Waals surface area contributed by atoms with E-state index in [4.69, 9.17) is 24.2 Å². The Hall–Kier alpha value is -4.18. The van der Waals surface area contributed by atoms with E-state index in [2.05, 4.69) is 49.9 Å². The first kappa shape index (κ1) is 39.1. The molecule has 3 aromatic rings. The molecule has 1 heterocycles. The van der Waals surface area contributed by atoms with E-state index in [1.54, 1.807) is 6.08 Å². The van der Waals surface area contributed by atoms with Gasteiger partial charge in [-0.05, 0) is 110 Å². The van der Waals surface area contributed by atoms with E-state index < -0.39 is 11.8 Å². The number of fused-ring (bicyclic) bond motifs is 3. The van der Waals surface area contributed by atoms with Gasteiger partial charge in [-0.25, -0.2) is 0 Å². The first-order valence-corrected chi connectivity index (χ1v) is 20.6. The van der Waals surface area contributed by atoms with E-state index in [1.165, 1.54) is 0 Å². The van der Waals surface area contributed by atoms with Crippen LogP contribution in [0.15, 0.2) is 90.1 Å². The lowest BCUT2D eigenvalue weighted by molar-refractivity contribution is -0.257. The Morgan fingerprint density at radius 2 is 1.73 bits per heavy atom. The van der Waals surface area contributed by atoms with Crippen molar-refractivity contribution < 1.29 is 34.1 Å². The van der Waals surface area contributed by atoms with Crippen LogP contribution < -0.4 is 9.47 Å². The number of aliphatic hydroxyl groups excluding tert-OH is 2. The van der Waals surface area contributed by atoms with Crippen LogP contribution >= 0.6 is 0 Å². The quantitative estimate of drug-likeness (QED) is 0.0716. The van der Waals surface area contributed by atoms with Gasteiger partial charge in [0, 0.05) is 43.6 Å². The lowest BCUT2D eigenvalue weighted by Gasteiger charge is -2.60. The Balaban J connectivity index is 1.42. The summed E-state index contributed by atoms with van der Waals surface area (Å²) in [6, 6.07) is 20.1. The molecule has 0 bridgehead atoms. The first-order valence-electron chi connectivity index (χ1n) is 20.6. The van der Waals surface area contributed by atoms with Crippen LogP contribution in [0.1, 0.15) is 89.5 Å². The highest BCUT2D eigenvalue weighted by Gasteiger charge is 2.65. The Kier molecular flexibility index (Phi) is 12.6. The van der Waals surface area contributed by atoms with Crippen LogP contribution in [0.25, 0.3) is 10.8 Å². The summed E-state index contributed by atoms with van der Waals surface area (Å²) in [5.74, 6) is 1.02. The second-order valence-electron chi connectivity index (χ2n) is 15.6. The molecule has 0 saturated heterocycles. The molecule has 0 radical (unpaired) electrons. The molecule has 7 rings (SSSR count). The van der Waals surface area contributed by atoms with Crippen LogP contribution in [0.5, 0.6) is 17.2 Å². The number of ether oxygens (including phenoxy) is 3. The number of unbranched alkanes of at least 4 members (excludes halogenated alkanes) is 2. The molecule has 2 saturated carbocycles. The van der Waals surface area contributed by atoms with Crippen molar-refractivity contribution in [2.45, 2.75) is 95.8 Å². The van der Waals surface area contributed by atoms with Crippen molar-refractivity contribution >= 4 is 22.4 Å². The Morgan fingerprint density at radius 1 is 0.982 bits per heavy atom. The van der Waals surface area contributed by atoms with Gasteiger partial charge in [0.2, 0.25) is 11.7 Å². The van der Waals surface area contributed by atoms with Crippen molar-refractivity contribution in [3.63, 3.8) is 0 Å². The summed E-state index contributed by atoms with van der Waals surface area (Å²) < 4.78 is 21.0. The molecule has 6 atom stereocenters. The van der Waals surface area contributed by atoms with Gasteiger partial charge in [-0.15, -0.1) is 6.58 Å². The topological polar surface area (TPSA) is 110 Å². The second kappa shape index (κ2) is 17.7. The number of aliphatic hydroxyl groups is 2. The maximum atomic E-state index is 14.3. The average molecular weight is 751 g/mol. The Morgan fingerprint density at radius 3 is 2.45 bits per heavy atom. The number of oxime groups is 1. The van der Waals surface area contributed by atoms with Crippen LogP contribution in [0.4, 0.5) is 0 Å². The predicted molar refractivity (Wildman–Crippen MR) is 215 cm³/mol. The standard InChI is InChI=1S/C46H58N2O7/c1-4-23-48(45(51)32-17-18-32)42-30-40(47-53-6-3)38-28-34(15-9-11-24-49)37(16-10-12-25-50)43-39-29-36(54-35-20-19-31-13-7-8-14-33(31)27-35)21-22-41(39)55-46(42,44(38)43)52-26-5-2/h5,7-8,13-14,19-22,27-29,32,34,37,42-44,49-50H,2,4,6,9-12,15-18,23-26,30H2,1,3H3. The highest BCUT2D eigenvalue weighted by molar-refractivity contribution is 6.03. The minimum Gasteiger partial charge on any atom is -0.459 e. The van der Waals surface area contributed by atoms with E-state index in [0.29, 0.717) is 31.7 Å². The van der Waals surface area contributed by atoms with Gasteiger partial charge in [0.1, 0.15) is 29.9 Å². The summed E-state index contributed by atoms with van der Waals surface area (Å²) in [4.78, 5) is 22.2. The molecular weight excluding hydrogens is 693 g/mol. The number of benzene rings is 3. The molecule has 1 aliphatic heterocycles. The van der Waals surface area contributed by atoms with E-state index in [0.717, 1.165) is 90.5 Å². The Bertz CT molecular complexity index is 1870. The summed E-state index contributed by atoms with van der Waals surface area (Å²) in [6.07, 6.45) is 12.1. The second-order valence-corrected chi connectivity index (χ2v) is 15.6. The molecule has 2 fully saturated rings. The van der Waals surface area contributed by atoms with Crippen molar-refractivity contribution in [2.24, 2.45) is 28.8 Å². The third-order valence-corrected chi connectivity index (χ3v) is 12.0. The zero-order chi connectivity index (χ0) is 38.4. The number of carbonyl (C=O) groups is 1. The van der Waals surface area contributed by atoms with Crippen molar-refractivity contribution in [1.29, 1.82) is 0 Å². The molecular formula is C46H58N2O7. The first-order chi connectivity index (χ1) is 27.0. The van der Waals surface area contributed by atoms with E-state index in [-0.39, 0.29) is 55.3 Å². The lowest BCUT2D eigenvalue weighted by Crippen LogP contribution is -2.70. The summed E-state index contributed by atoms with van der Waals surface area (Å²) >= 11 is 0. The highest BCUT2D eigenvalue weighted by Crippen LogP contribution is 2.62. The zero-order valence-corrected chi connectivity index (χ0v) is 32.5. The van der Waals surface area contributed by atoms with Crippen LogP contribution in [0.2, 0.25) is 0 Å². The fraction of sp³-hybridized carbons (Fsp3) is 0.522. The largest absolute Gasteiger partial charge is 0.459 e. The minimum absolute atomic E-state index is 0.0159. The number of amides is 1. The van der Waals surface area contributed by atoms with Crippen LogP contribution in [-0.4, -0.2) is 71.5 Å². The van der Waals surface area contributed by atoms with Gasteiger partial charge >= 0.3 is 0 Å². The van der Waals surface area contributed by atoms with Gasteiger partial charge in [0.05, 0.1) is 18.2 Å². The molecule has 6 unspecified atom stereocenters. The molecule has 4 aliphatic rings. The molecule has 1 amide bonds. The van der Waals surface area contributed by atoms with E-state index >= 15 is 0 Å². The number of nitrogens with zero attached hydrogens (tertiary/aromatic N) is 2. The van der Waals surface area contributed by atoms with Gasteiger partial charge in [-0.3, -0.25) is 4.79 Å². The number of carbonyl (C=O) groups excluding carboxylic acids is 1. The SMILES string of the molecule is C=CCOC12Oc3ccc(Oc4ccc5ccccc5c4)cc3C3C(CCCCO)C(CCCCO)C=C(C(=NOCC)CC1N(CCC)C(=O)C1CC1)C32. The predicted octanol–water partition coefficient (Wildman–Crippen LogP) is 8.93. The van der Waals surface area contributed by atoms with Gasteiger partial charge in [-0.2, -0.15) is 0 Å². The number of rotatable bonds is 19. The maximum Gasteiger partial charge on any atom is 0.239 e. The highest BCUT2D eigenvalue weighted by atomic mass is 16.7. The number of hydrogen-bond acceptors (Lipinski definition) is 8. The Labute approximate surface area is 326 Å². The molecule has 294 valence electrons. The van der Waals surface area contributed by atoms with Crippen LogP contribution in [-0.2, 0) is 14.4 Å². The monoisotopic (exact) mass is 750 g/mol. The van der Waals surface area contributed by atoms with Crippen molar-refractivity contribution in [2.75, 3.05) is 33.0 Å². The van der Waals surface area contributed by atoms with Gasteiger partial charge < -0.3 is 34.2 Å². The smallest absolute Gasteiger partial charge is 0.239 e. The molecule has 9 nitrogen and oxygen atoms in total. The molecule has 2 N–H and O–H groups in total. The summed E-state index contributed by atoms with van der Waals surface area (Å²) in [7, 11) is 0. The minimum atomic E-state index is -1.23. The van der Waals surface area contributed by atoms with Crippen LogP contribution in [0, 0.1) is 23.7 Å². The fourth-order valence-electron chi connectivity index (χ4n) is 9.45. The average Bonchev–Trinajstić information content (AvgIpc) is 4.06. The summed E-state index contributed by atoms with van der Waals surface area (Å²) in [5, 5.41) is 26.8. The maximum absolute atomic E-state index is 14.3. The molecule has 3 aromatic carbocycles. The molecule has 3 aliphatic carbocycles. The van der Waals surface area contributed by atoms with Crippen molar-refractivity contribution in [3.05, 3.63) is 90.5 Å². The zero-order valence-electron chi connectivity index (χ0n) is 32.5. The molecule has 55 heavy (non-hydrogen) atoms. The normalized spacial score (nSPS) is 26.1.